The Labute approximate surface area is 139 Å². The van der Waals surface area contributed by atoms with E-state index in [2.05, 4.69) is 20.9 Å². The average molecular weight is 381 g/mol. The van der Waals surface area contributed by atoms with Gasteiger partial charge in [0, 0.05) is 20.6 Å². The summed E-state index contributed by atoms with van der Waals surface area (Å²) in [6.45, 7) is 0. The number of hydrogen-bond acceptors (Lipinski definition) is 3. The molecule has 0 N–H and O–H groups in total. The molecule has 0 aliphatic carbocycles. The Morgan fingerprint density at radius 2 is 1.91 bits per heavy atom. The number of aliphatic imine (C=N–C) groups is 1. The molecule has 0 atom stereocenters. The fourth-order valence-corrected chi connectivity index (χ4v) is 2.40. The molecule has 0 spiro atoms. The lowest BCUT2D eigenvalue weighted by Crippen LogP contribution is -2.05. The van der Waals surface area contributed by atoms with Gasteiger partial charge in [0.25, 0.3) is 0 Å². The van der Waals surface area contributed by atoms with E-state index in [4.69, 9.17) is 16.3 Å². The van der Waals surface area contributed by atoms with Crippen LogP contribution in [0.3, 0.4) is 0 Å². The number of hydrogen-bond donors (Lipinski definition) is 0. The van der Waals surface area contributed by atoms with Crippen LogP contribution >= 0.6 is 27.5 Å². The van der Waals surface area contributed by atoms with Crippen molar-refractivity contribution < 1.29 is 13.9 Å². The van der Waals surface area contributed by atoms with E-state index >= 15 is 0 Å². The Bertz CT molecular complexity index is 815. The highest BCUT2D eigenvalue weighted by Crippen LogP contribution is 2.23. The zero-order chi connectivity index (χ0) is 15.7. The standard InChI is InChI=1S/C16H8BrClFNO2/c17-11-3-6-13(19)10(7-11)8-14-16(21)22-15(20-14)9-1-4-12(18)5-2-9/h1-8H/b14-8+. The van der Waals surface area contributed by atoms with Crippen LogP contribution in [0.1, 0.15) is 11.1 Å². The molecular weight excluding hydrogens is 373 g/mol. The molecule has 0 unspecified atom stereocenters. The van der Waals surface area contributed by atoms with Gasteiger partial charge in [-0.15, -0.1) is 0 Å². The van der Waals surface area contributed by atoms with Crippen LogP contribution < -0.4 is 0 Å². The van der Waals surface area contributed by atoms with Gasteiger partial charge in [0.15, 0.2) is 5.70 Å². The molecule has 0 radical (unpaired) electrons. The zero-order valence-corrected chi connectivity index (χ0v) is 13.4. The van der Waals surface area contributed by atoms with Crippen molar-refractivity contribution in [2.24, 2.45) is 4.99 Å². The van der Waals surface area contributed by atoms with Crippen molar-refractivity contribution in [1.29, 1.82) is 0 Å². The second-order valence-electron chi connectivity index (χ2n) is 4.51. The first-order chi connectivity index (χ1) is 10.5. The van der Waals surface area contributed by atoms with Gasteiger partial charge in [-0.05, 0) is 48.5 Å². The number of esters is 1. The Balaban J connectivity index is 1.97. The highest BCUT2D eigenvalue weighted by atomic mass is 79.9. The molecule has 2 aromatic carbocycles. The molecule has 6 heteroatoms. The van der Waals surface area contributed by atoms with E-state index in [-0.39, 0.29) is 17.2 Å². The lowest BCUT2D eigenvalue weighted by Gasteiger charge is -1.98. The fourth-order valence-electron chi connectivity index (χ4n) is 1.90. The van der Waals surface area contributed by atoms with Gasteiger partial charge in [0.1, 0.15) is 5.82 Å². The third-order valence-electron chi connectivity index (χ3n) is 2.96. The first-order valence-corrected chi connectivity index (χ1v) is 7.43. The summed E-state index contributed by atoms with van der Waals surface area (Å²) in [5.74, 6) is -0.897. The van der Waals surface area contributed by atoms with Crippen LogP contribution in [-0.4, -0.2) is 11.9 Å². The molecule has 0 fully saturated rings. The fraction of sp³-hybridized carbons (Fsp3) is 0. The predicted molar refractivity (Wildman–Crippen MR) is 86.2 cm³/mol. The molecule has 110 valence electrons. The number of cyclic esters (lactones) is 1. The summed E-state index contributed by atoms with van der Waals surface area (Å²) in [4.78, 5) is 16.0. The van der Waals surface area contributed by atoms with Crippen LogP contribution in [0.15, 0.2) is 57.6 Å². The molecule has 0 saturated heterocycles. The molecule has 3 rings (SSSR count). The minimum atomic E-state index is -0.621. The van der Waals surface area contributed by atoms with Gasteiger partial charge in [-0.25, -0.2) is 14.2 Å². The molecule has 22 heavy (non-hydrogen) atoms. The molecule has 1 aliphatic heterocycles. The maximum Gasteiger partial charge on any atom is 0.363 e. The van der Waals surface area contributed by atoms with Gasteiger partial charge >= 0.3 is 5.97 Å². The number of halogens is 3. The Morgan fingerprint density at radius 3 is 2.64 bits per heavy atom. The summed E-state index contributed by atoms with van der Waals surface area (Å²) < 4.78 is 19.5. The quantitative estimate of drug-likeness (QED) is 0.565. The summed E-state index contributed by atoms with van der Waals surface area (Å²) in [5.41, 5.74) is 0.917. The average Bonchev–Trinajstić information content (AvgIpc) is 2.85. The summed E-state index contributed by atoms with van der Waals surface area (Å²) >= 11 is 9.07. The van der Waals surface area contributed by atoms with E-state index in [0.29, 0.717) is 15.1 Å². The summed E-state index contributed by atoms with van der Waals surface area (Å²) in [6.07, 6.45) is 1.35. The number of benzene rings is 2. The van der Waals surface area contributed by atoms with Crippen LogP contribution in [0.25, 0.3) is 6.08 Å². The second kappa shape index (κ2) is 6.02. The summed E-state index contributed by atoms with van der Waals surface area (Å²) in [6, 6.07) is 11.2. The molecule has 0 saturated carbocycles. The Kier molecular flexibility index (Phi) is 4.09. The van der Waals surface area contributed by atoms with Gasteiger partial charge in [0.05, 0.1) is 0 Å². The number of carbonyl (C=O) groups excluding carboxylic acids is 1. The van der Waals surface area contributed by atoms with Crippen LogP contribution in [-0.2, 0) is 9.53 Å². The van der Waals surface area contributed by atoms with Crippen molar-refractivity contribution in [3.8, 4) is 0 Å². The Hall–Kier alpha value is -1.98. The number of rotatable bonds is 2. The van der Waals surface area contributed by atoms with Gasteiger partial charge < -0.3 is 4.74 Å². The highest BCUT2D eigenvalue weighted by Gasteiger charge is 2.24. The van der Waals surface area contributed by atoms with E-state index in [1.165, 1.54) is 12.1 Å². The molecule has 1 heterocycles. The minimum Gasteiger partial charge on any atom is -0.402 e. The number of carbonyl (C=O) groups is 1. The summed E-state index contributed by atoms with van der Waals surface area (Å²) in [5, 5.41) is 0.570. The summed E-state index contributed by atoms with van der Waals surface area (Å²) in [7, 11) is 0. The Morgan fingerprint density at radius 1 is 1.18 bits per heavy atom. The third-order valence-corrected chi connectivity index (χ3v) is 3.71. The minimum absolute atomic E-state index is 0.0435. The third kappa shape index (κ3) is 3.10. The van der Waals surface area contributed by atoms with Gasteiger partial charge in [0.2, 0.25) is 5.90 Å². The molecule has 0 aromatic heterocycles. The van der Waals surface area contributed by atoms with E-state index in [1.54, 1.807) is 36.4 Å². The van der Waals surface area contributed by atoms with E-state index in [9.17, 15) is 9.18 Å². The number of ether oxygens (including phenoxy) is 1. The second-order valence-corrected chi connectivity index (χ2v) is 5.86. The molecular formula is C16H8BrClFNO2. The first-order valence-electron chi connectivity index (χ1n) is 6.26. The maximum atomic E-state index is 13.7. The van der Waals surface area contributed by atoms with Crippen LogP contribution in [0.4, 0.5) is 4.39 Å². The number of nitrogens with zero attached hydrogens (tertiary/aromatic N) is 1. The van der Waals surface area contributed by atoms with Crippen molar-refractivity contribution in [2.45, 2.75) is 0 Å². The first kappa shape index (κ1) is 14.9. The van der Waals surface area contributed by atoms with Crippen molar-refractivity contribution in [3.63, 3.8) is 0 Å². The van der Waals surface area contributed by atoms with E-state index < -0.39 is 11.8 Å². The van der Waals surface area contributed by atoms with Gasteiger partial charge in [-0.2, -0.15) is 0 Å². The van der Waals surface area contributed by atoms with Crippen molar-refractivity contribution >= 4 is 45.5 Å². The predicted octanol–water partition coefficient (Wildman–Crippen LogP) is 4.59. The van der Waals surface area contributed by atoms with Crippen LogP contribution in [0, 0.1) is 5.82 Å². The largest absolute Gasteiger partial charge is 0.402 e. The molecule has 2 aromatic rings. The monoisotopic (exact) mass is 379 g/mol. The normalized spacial score (nSPS) is 15.9. The molecule has 1 aliphatic rings. The zero-order valence-electron chi connectivity index (χ0n) is 11.0. The van der Waals surface area contributed by atoms with Crippen LogP contribution in [0.5, 0.6) is 0 Å². The SMILES string of the molecule is O=C1OC(c2ccc(Cl)cc2)=N/C1=C/c1cc(Br)ccc1F. The molecule has 3 nitrogen and oxygen atoms in total. The van der Waals surface area contributed by atoms with Crippen molar-refractivity contribution in [3.05, 3.63) is 74.6 Å². The van der Waals surface area contributed by atoms with Crippen LogP contribution in [0.2, 0.25) is 5.02 Å². The van der Waals surface area contributed by atoms with E-state index in [0.717, 1.165) is 0 Å². The van der Waals surface area contributed by atoms with Crippen molar-refractivity contribution in [1.82, 2.24) is 0 Å². The topological polar surface area (TPSA) is 38.7 Å². The van der Waals surface area contributed by atoms with E-state index in [1.807, 2.05) is 0 Å². The smallest absolute Gasteiger partial charge is 0.363 e. The highest BCUT2D eigenvalue weighted by molar-refractivity contribution is 9.10. The van der Waals surface area contributed by atoms with Gasteiger partial charge in [-0.3, -0.25) is 0 Å². The molecule has 0 bridgehead atoms. The lowest BCUT2D eigenvalue weighted by molar-refractivity contribution is -0.129. The maximum absolute atomic E-state index is 13.7. The lowest BCUT2D eigenvalue weighted by atomic mass is 10.2. The molecule has 0 amide bonds. The van der Waals surface area contributed by atoms with Crippen molar-refractivity contribution in [2.75, 3.05) is 0 Å². The van der Waals surface area contributed by atoms with Gasteiger partial charge in [-0.1, -0.05) is 27.5 Å².